The second kappa shape index (κ2) is 11.9. The number of carbonyl (C=O) groups excluding carboxylic acids is 2. The molecule has 0 radical (unpaired) electrons. The minimum absolute atomic E-state index is 0.328. The minimum atomic E-state index is -1.28. The van der Waals surface area contributed by atoms with E-state index in [1.165, 1.54) is 0 Å². The lowest BCUT2D eigenvalue weighted by Crippen LogP contribution is -2.56. The van der Waals surface area contributed by atoms with Crippen LogP contribution in [-0.2, 0) is 9.59 Å². The predicted molar refractivity (Wildman–Crippen MR) is 177 cm³/mol. The Labute approximate surface area is 265 Å². The first kappa shape index (κ1) is 29.9. The molecule has 6 nitrogen and oxygen atoms in total. The highest BCUT2D eigenvalue weighted by atomic mass is 16.3. The molecule has 3 saturated carbocycles. The molecule has 2 amide bonds. The van der Waals surface area contributed by atoms with Gasteiger partial charge in [0.05, 0.1) is 23.3 Å². The molecule has 0 aromatic heterocycles. The number of hydrogen-bond acceptors (Lipinski definition) is 4. The first-order chi connectivity index (χ1) is 21.8. The monoisotopic (exact) mass is 604 g/mol. The Balaban J connectivity index is 1.25. The third kappa shape index (κ3) is 5.32. The van der Waals surface area contributed by atoms with Crippen molar-refractivity contribution >= 4 is 33.4 Å². The van der Waals surface area contributed by atoms with Gasteiger partial charge in [-0.3, -0.25) is 9.59 Å². The number of benzene rings is 4. The summed E-state index contributed by atoms with van der Waals surface area (Å²) in [6.45, 7) is 0. The van der Waals surface area contributed by atoms with Gasteiger partial charge in [-0.25, -0.2) is 0 Å². The largest absolute Gasteiger partial charge is 0.387 e. The zero-order valence-corrected chi connectivity index (χ0v) is 25.9. The van der Waals surface area contributed by atoms with Crippen molar-refractivity contribution in [1.82, 2.24) is 10.6 Å². The molecule has 3 fully saturated rings. The number of nitrogens with one attached hydrogen (secondary N) is 2. The van der Waals surface area contributed by atoms with Crippen LogP contribution in [0.1, 0.15) is 100 Å². The fourth-order valence-corrected chi connectivity index (χ4v) is 8.63. The topological polar surface area (TPSA) is 98.7 Å². The zero-order chi connectivity index (χ0) is 31.1. The van der Waals surface area contributed by atoms with Crippen LogP contribution in [0.4, 0.5) is 0 Å². The molecular weight excluding hydrogens is 560 g/mol. The van der Waals surface area contributed by atoms with E-state index in [4.69, 9.17) is 0 Å². The van der Waals surface area contributed by atoms with Crippen LogP contribution in [0.5, 0.6) is 0 Å². The molecule has 4 aromatic rings. The number of fused-ring (bicyclic) bond motifs is 2. The summed E-state index contributed by atoms with van der Waals surface area (Å²) in [6, 6.07) is 26.9. The molecule has 45 heavy (non-hydrogen) atoms. The molecule has 0 spiro atoms. The zero-order valence-electron chi connectivity index (χ0n) is 25.9. The van der Waals surface area contributed by atoms with Crippen LogP contribution in [0, 0.1) is 5.41 Å². The maximum atomic E-state index is 14.6. The highest BCUT2D eigenvalue weighted by Gasteiger charge is 2.53. The van der Waals surface area contributed by atoms with Gasteiger partial charge in [-0.05, 0) is 71.2 Å². The number of hydrogen-bond donors (Lipinski definition) is 4. The van der Waals surface area contributed by atoms with Gasteiger partial charge in [-0.1, -0.05) is 123 Å². The number of aliphatic hydroxyl groups is 2. The van der Waals surface area contributed by atoms with E-state index >= 15 is 0 Å². The number of amides is 2. The molecule has 234 valence electrons. The van der Waals surface area contributed by atoms with Crippen molar-refractivity contribution in [2.45, 2.75) is 100 Å². The summed E-state index contributed by atoms with van der Waals surface area (Å²) in [5.74, 6) is -0.656. The van der Waals surface area contributed by atoms with Crippen molar-refractivity contribution in [3.05, 3.63) is 96.1 Å². The molecule has 0 saturated heterocycles. The summed E-state index contributed by atoms with van der Waals surface area (Å²) in [5, 5.41) is 34.7. The van der Waals surface area contributed by atoms with Crippen LogP contribution < -0.4 is 10.6 Å². The Morgan fingerprint density at radius 3 is 1.29 bits per heavy atom. The number of rotatable bonds is 8. The fourth-order valence-electron chi connectivity index (χ4n) is 8.63. The molecule has 4 N–H and O–H groups in total. The summed E-state index contributed by atoms with van der Waals surface area (Å²) >= 11 is 0. The van der Waals surface area contributed by atoms with Crippen molar-refractivity contribution in [1.29, 1.82) is 0 Å². The normalized spacial score (nSPS) is 21.5. The highest BCUT2D eigenvalue weighted by molar-refractivity contribution is 6.06. The predicted octanol–water partition coefficient (Wildman–Crippen LogP) is 7.18. The molecule has 0 aliphatic heterocycles. The molecule has 7 rings (SSSR count). The molecular formula is C39H44N2O4. The standard InChI is InChI=1S/C39H44N2O4/c42-35(40-33(38(44)23-7-8-24-38)31-19-11-15-27-13-1-3-17-29(27)31)37(21-5-6-22-37)36(43)41-34(39(45)25-9-10-26-39)32-20-12-16-28-14-2-4-18-30(28)32/h1-4,11-20,33-34,44-45H,5-10,21-26H2,(H,40,42)(H,41,43)/t33-,34-/m0/s1. The van der Waals surface area contributed by atoms with Crippen molar-refractivity contribution in [2.75, 3.05) is 0 Å². The van der Waals surface area contributed by atoms with Crippen LogP contribution in [0.3, 0.4) is 0 Å². The lowest BCUT2D eigenvalue weighted by atomic mass is 9.79. The quantitative estimate of drug-likeness (QED) is 0.160. The summed E-state index contributed by atoms with van der Waals surface area (Å²) in [7, 11) is 0. The Bertz CT molecular complexity index is 1580. The van der Waals surface area contributed by atoms with E-state index in [2.05, 4.69) is 10.6 Å². The van der Waals surface area contributed by atoms with Gasteiger partial charge >= 0.3 is 0 Å². The molecule has 2 atom stereocenters. The average molecular weight is 605 g/mol. The van der Waals surface area contributed by atoms with E-state index in [0.717, 1.165) is 71.2 Å². The van der Waals surface area contributed by atoms with Gasteiger partial charge in [0, 0.05) is 0 Å². The molecule has 6 heteroatoms. The first-order valence-corrected chi connectivity index (χ1v) is 16.9. The smallest absolute Gasteiger partial charge is 0.236 e. The third-order valence-corrected chi connectivity index (χ3v) is 11.2. The minimum Gasteiger partial charge on any atom is -0.387 e. The van der Waals surface area contributed by atoms with E-state index in [9.17, 15) is 19.8 Å². The third-order valence-electron chi connectivity index (χ3n) is 11.2. The van der Waals surface area contributed by atoms with Crippen molar-refractivity contribution in [3.8, 4) is 0 Å². The van der Waals surface area contributed by atoms with Gasteiger partial charge in [0.1, 0.15) is 5.41 Å². The lowest BCUT2D eigenvalue weighted by molar-refractivity contribution is -0.147. The second-order valence-corrected chi connectivity index (χ2v) is 13.9. The molecule has 0 bridgehead atoms. The van der Waals surface area contributed by atoms with Gasteiger partial charge in [0.2, 0.25) is 11.8 Å². The van der Waals surface area contributed by atoms with Gasteiger partial charge in [-0.2, -0.15) is 0 Å². The van der Waals surface area contributed by atoms with E-state index < -0.39 is 28.7 Å². The van der Waals surface area contributed by atoms with Crippen molar-refractivity contribution < 1.29 is 19.8 Å². The maximum absolute atomic E-state index is 14.6. The van der Waals surface area contributed by atoms with Gasteiger partial charge in [0.15, 0.2) is 0 Å². The Hall–Kier alpha value is -3.74. The van der Waals surface area contributed by atoms with Gasteiger partial charge in [0.25, 0.3) is 0 Å². The maximum Gasteiger partial charge on any atom is 0.236 e. The molecule has 3 aliphatic rings. The second-order valence-electron chi connectivity index (χ2n) is 13.9. The Kier molecular flexibility index (Phi) is 7.91. The van der Waals surface area contributed by atoms with Gasteiger partial charge in [-0.15, -0.1) is 0 Å². The summed E-state index contributed by atoms with van der Waals surface area (Å²) in [4.78, 5) is 29.2. The summed E-state index contributed by atoms with van der Waals surface area (Å²) in [6.07, 6.45) is 8.36. The van der Waals surface area contributed by atoms with Crippen LogP contribution >= 0.6 is 0 Å². The van der Waals surface area contributed by atoms with Crippen LogP contribution in [0.15, 0.2) is 84.9 Å². The highest BCUT2D eigenvalue weighted by Crippen LogP contribution is 2.47. The van der Waals surface area contributed by atoms with Crippen molar-refractivity contribution in [3.63, 3.8) is 0 Å². The van der Waals surface area contributed by atoms with E-state index in [0.29, 0.717) is 38.5 Å². The molecule has 4 aromatic carbocycles. The van der Waals surface area contributed by atoms with Crippen LogP contribution in [0.2, 0.25) is 0 Å². The Morgan fingerprint density at radius 1 is 0.511 bits per heavy atom. The first-order valence-electron chi connectivity index (χ1n) is 16.9. The van der Waals surface area contributed by atoms with E-state index in [1.807, 2.05) is 84.9 Å². The van der Waals surface area contributed by atoms with Crippen LogP contribution in [0.25, 0.3) is 21.5 Å². The average Bonchev–Trinajstić information content (AvgIpc) is 3.85. The summed E-state index contributed by atoms with van der Waals surface area (Å²) in [5.41, 5.74) is -1.71. The van der Waals surface area contributed by atoms with E-state index in [-0.39, 0.29) is 11.8 Å². The SMILES string of the molecule is O=C(N[C@@H](c1cccc2ccccc12)C1(O)CCCC1)C1(C(=O)N[C@@H](c2cccc3ccccc23)C2(O)CCCC2)CCCC1. The molecule has 0 unspecified atom stereocenters. The lowest BCUT2D eigenvalue weighted by Gasteiger charge is -2.39. The number of carbonyl (C=O) groups is 2. The van der Waals surface area contributed by atoms with E-state index in [1.54, 1.807) is 0 Å². The molecule has 0 heterocycles. The van der Waals surface area contributed by atoms with Crippen LogP contribution in [-0.4, -0.2) is 33.2 Å². The fraction of sp³-hybridized carbons (Fsp3) is 0.436. The van der Waals surface area contributed by atoms with Crippen molar-refractivity contribution in [2.24, 2.45) is 5.41 Å². The Morgan fingerprint density at radius 2 is 0.867 bits per heavy atom. The summed E-state index contributed by atoms with van der Waals surface area (Å²) < 4.78 is 0. The molecule has 3 aliphatic carbocycles. The van der Waals surface area contributed by atoms with Gasteiger partial charge < -0.3 is 20.8 Å².